The number of nitrogens with zero attached hydrogens (tertiary/aromatic N) is 1. The predicted molar refractivity (Wildman–Crippen MR) is 84.5 cm³/mol. The van der Waals surface area contributed by atoms with Crippen molar-refractivity contribution in [3.05, 3.63) is 47.0 Å². The van der Waals surface area contributed by atoms with Gasteiger partial charge in [0, 0.05) is 6.42 Å². The molecule has 1 aliphatic heterocycles. The Hall–Kier alpha value is -2.10. The second kappa shape index (κ2) is 5.59. The number of ether oxygens (including phenoxy) is 1. The maximum Gasteiger partial charge on any atom is 0.354 e. The number of carbonyl (C=O) groups is 1. The summed E-state index contributed by atoms with van der Waals surface area (Å²) < 4.78 is 5.29. The van der Waals surface area contributed by atoms with Crippen LogP contribution in [0, 0.1) is 5.92 Å². The van der Waals surface area contributed by atoms with Crippen LogP contribution in [0.2, 0.25) is 0 Å². The van der Waals surface area contributed by atoms with E-state index in [1.165, 1.54) is 11.1 Å². The van der Waals surface area contributed by atoms with Crippen molar-refractivity contribution in [3.63, 3.8) is 0 Å². The summed E-state index contributed by atoms with van der Waals surface area (Å²) in [6.07, 6.45) is 1.32. The highest BCUT2D eigenvalue weighted by molar-refractivity contribution is 6.07. The Morgan fingerprint density at radius 1 is 1.32 bits per heavy atom. The highest BCUT2D eigenvalue weighted by atomic mass is 16.7. The molecular formula is C18H21NO3. The Morgan fingerprint density at radius 2 is 2.05 bits per heavy atom. The lowest BCUT2D eigenvalue weighted by Gasteiger charge is -2.35. The fraction of sp³-hybridized carbons (Fsp3) is 0.444. The molecular weight excluding hydrogens is 278 g/mol. The zero-order valence-corrected chi connectivity index (χ0v) is 13.3. The van der Waals surface area contributed by atoms with Crippen LogP contribution in [-0.2, 0) is 14.4 Å². The van der Waals surface area contributed by atoms with Gasteiger partial charge in [0.15, 0.2) is 0 Å². The average Bonchev–Trinajstić information content (AvgIpc) is 2.89. The zero-order valence-electron chi connectivity index (χ0n) is 13.3. The van der Waals surface area contributed by atoms with Crippen LogP contribution in [0.3, 0.4) is 0 Å². The molecule has 0 aromatic heterocycles. The summed E-state index contributed by atoms with van der Waals surface area (Å²) in [5, 5.41) is 4.28. The number of allylic oxidation sites excluding steroid dienone is 1. The predicted octanol–water partition coefficient (Wildman–Crippen LogP) is 3.47. The molecule has 2 aliphatic rings. The highest BCUT2D eigenvalue weighted by Gasteiger charge is 2.58. The maximum atomic E-state index is 12.6. The van der Waals surface area contributed by atoms with Gasteiger partial charge in [0.1, 0.15) is 0 Å². The van der Waals surface area contributed by atoms with Crippen LogP contribution in [0.5, 0.6) is 0 Å². The summed E-state index contributed by atoms with van der Waals surface area (Å²) in [4.78, 5) is 18.3. The summed E-state index contributed by atoms with van der Waals surface area (Å²) in [6, 6.07) is 9.92. The lowest BCUT2D eigenvalue weighted by molar-refractivity contribution is -0.174. The molecule has 0 fully saturated rings. The molecule has 1 aromatic rings. The number of hydrogen-bond acceptors (Lipinski definition) is 4. The smallest absolute Gasteiger partial charge is 0.354 e. The highest BCUT2D eigenvalue weighted by Crippen LogP contribution is 2.46. The zero-order chi connectivity index (χ0) is 15.7. The largest absolute Gasteiger partial charge is 0.463 e. The van der Waals surface area contributed by atoms with E-state index in [1.807, 2.05) is 37.3 Å². The van der Waals surface area contributed by atoms with Gasteiger partial charge in [-0.15, -0.1) is 0 Å². The lowest BCUT2D eigenvalue weighted by atomic mass is 9.70. The normalized spacial score (nSPS) is 27.0. The molecule has 116 valence electrons. The van der Waals surface area contributed by atoms with E-state index in [0.29, 0.717) is 13.0 Å². The Bertz CT molecular complexity index is 648. The van der Waals surface area contributed by atoms with E-state index in [-0.39, 0.29) is 11.9 Å². The van der Waals surface area contributed by atoms with Crippen LogP contribution in [0.1, 0.15) is 39.2 Å². The van der Waals surface area contributed by atoms with Gasteiger partial charge in [0.25, 0.3) is 0 Å². The van der Waals surface area contributed by atoms with Crippen molar-refractivity contribution in [1.82, 2.24) is 0 Å². The molecule has 0 saturated heterocycles. The first-order valence-electron chi connectivity index (χ1n) is 7.72. The van der Waals surface area contributed by atoms with Crippen molar-refractivity contribution < 1.29 is 14.4 Å². The summed E-state index contributed by atoms with van der Waals surface area (Å²) in [6.45, 7) is 6.33. The molecule has 0 saturated carbocycles. The van der Waals surface area contributed by atoms with Crippen LogP contribution in [0.4, 0.5) is 0 Å². The van der Waals surface area contributed by atoms with Gasteiger partial charge in [-0.3, -0.25) is 0 Å². The Balaban J connectivity index is 2.01. The quantitative estimate of drug-likeness (QED) is 0.634. The number of rotatable bonds is 3. The van der Waals surface area contributed by atoms with E-state index in [0.717, 1.165) is 17.7 Å². The summed E-state index contributed by atoms with van der Waals surface area (Å²) in [5.41, 5.74) is 3.35. The maximum absolute atomic E-state index is 12.6. The second-order valence-electron chi connectivity index (χ2n) is 6.04. The van der Waals surface area contributed by atoms with E-state index in [4.69, 9.17) is 9.57 Å². The number of carbonyl (C=O) groups excluding carboxylic acids is 1. The van der Waals surface area contributed by atoms with Crippen molar-refractivity contribution in [2.45, 2.75) is 39.2 Å². The number of esters is 1. The molecule has 4 nitrogen and oxygen atoms in total. The molecule has 1 aromatic carbocycles. The van der Waals surface area contributed by atoms with Gasteiger partial charge in [-0.25, -0.2) is 4.79 Å². The van der Waals surface area contributed by atoms with Crippen LogP contribution < -0.4 is 0 Å². The third-order valence-corrected chi connectivity index (χ3v) is 4.66. The van der Waals surface area contributed by atoms with E-state index < -0.39 is 5.60 Å². The molecule has 0 spiro atoms. The Labute approximate surface area is 130 Å². The van der Waals surface area contributed by atoms with E-state index in [2.05, 4.69) is 19.0 Å². The first-order chi connectivity index (χ1) is 10.6. The van der Waals surface area contributed by atoms with E-state index in [1.54, 1.807) is 0 Å². The monoisotopic (exact) mass is 299 g/mol. The van der Waals surface area contributed by atoms with Crippen LogP contribution in [-0.4, -0.2) is 23.9 Å². The van der Waals surface area contributed by atoms with Gasteiger partial charge in [-0.05, 0) is 32.8 Å². The van der Waals surface area contributed by atoms with Crippen molar-refractivity contribution in [3.8, 4) is 0 Å². The SMILES string of the molecule is CCOC(=O)[C@@]12CC(C)=C(C)C[C@@H]1C(c1ccccc1)=NO2. The van der Waals surface area contributed by atoms with E-state index >= 15 is 0 Å². The first-order valence-corrected chi connectivity index (χ1v) is 7.72. The molecule has 0 radical (unpaired) electrons. The fourth-order valence-electron chi connectivity index (χ4n) is 3.29. The molecule has 3 rings (SSSR count). The fourth-order valence-corrected chi connectivity index (χ4v) is 3.29. The topological polar surface area (TPSA) is 47.9 Å². The minimum atomic E-state index is -0.995. The molecule has 22 heavy (non-hydrogen) atoms. The van der Waals surface area contributed by atoms with Crippen molar-refractivity contribution in [2.24, 2.45) is 11.1 Å². The molecule has 0 unspecified atom stereocenters. The van der Waals surface area contributed by atoms with Crippen molar-refractivity contribution >= 4 is 11.7 Å². The number of oxime groups is 1. The van der Waals surface area contributed by atoms with Gasteiger partial charge >= 0.3 is 5.97 Å². The van der Waals surface area contributed by atoms with E-state index in [9.17, 15) is 4.79 Å². The number of hydrogen-bond donors (Lipinski definition) is 0. The summed E-state index contributed by atoms with van der Waals surface area (Å²) >= 11 is 0. The minimum absolute atomic E-state index is 0.0855. The van der Waals surface area contributed by atoms with Gasteiger partial charge in [-0.1, -0.05) is 46.6 Å². The minimum Gasteiger partial charge on any atom is -0.463 e. The van der Waals surface area contributed by atoms with Gasteiger partial charge < -0.3 is 9.57 Å². The molecule has 1 heterocycles. The summed E-state index contributed by atoms with van der Waals surface area (Å²) in [5.74, 6) is -0.390. The Morgan fingerprint density at radius 3 is 2.73 bits per heavy atom. The van der Waals surface area contributed by atoms with Crippen LogP contribution in [0.25, 0.3) is 0 Å². The number of benzene rings is 1. The third-order valence-electron chi connectivity index (χ3n) is 4.66. The Kier molecular flexibility index (Phi) is 3.77. The van der Waals surface area contributed by atoms with Crippen LogP contribution in [0.15, 0.2) is 46.6 Å². The van der Waals surface area contributed by atoms with Crippen molar-refractivity contribution in [2.75, 3.05) is 6.61 Å². The van der Waals surface area contributed by atoms with Crippen LogP contribution >= 0.6 is 0 Å². The standard InChI is InChI=1S/C18H21NO3/c1-4-21-17(20)18-11-13(3)12(2)10-15(18)16(19-22-18)14-8-6-5-7-9-14/h5-9,15H,4,10-11H2,1-3H3/t15-,18-/m1/s1. The van der Waals surface area contributed by atoms with Gasteiger partial charge in [0.05, 0.1) is 18.2 Å². The van der Waals surface area contributed by atoms with Gasteiger partial charge in [0.2, 0.25) is 5.60 Å². The number of fused-ring (bicyclic) bond motifs is 1. The molecule has 0 N–H and O–H groups in total. The third kappa shape index (κ3) is 2.23. The first kappa shape index (κ1) is 14.8. The molecule has 0 amide bonds. The molecule has 2 atom stereocenters. The molecule has 1 aliphatic carbocycles. The second-order valence-corrected chi connectivity index (χ2v) is 6.04. The van der Waals surface area contributed by atoms with Gasteiger partial charge in [-0.2, -0.15) is 0 Å². The molecule has 4 heteroatoms. The lowest BCUT2D eigenvalue weighted by Crippen LogP contribution is -2.50. The summed E-state index contributed by atoms with van der Waals surface area (Å²) in [7, 11) is 0. The van der Waals surface area contributed by atoms with Crippen molar-refractivity contribution in [1.29, 1.82) is 0 Å². The average molecular weight is 299 g/mol. The molecule has 0 bridgehead atoms.